The molecule has 1 unspecified atom stereocenters. The molecule has 0 aliphatic heterocycles. The van der Waals surface area contributed by atoms with Gasteiger partial charge >= 0.3 is 12.1 Å². The molecule has 1 saturated carbocycles. The third-order valence-electron chi connectivity index (χ3n) is 4.11. The molecule has 0 aromatic carbocycles. The van der Waals surface area contributed by atoms with E-state index in [0.717, 1.165) is 4.68 Å². The summed E-state index contributed by atoms with van der Waals surface area (Å²) in [4.78, 5) is 23.4. The van der Waals surface area contributed by atoms with Gasteiger partial charge in [0.05, 0.1) is 11.6 Å². The molecule has 0 radical (unpaired) electrons. The first-order chi connectivity index (χ1) is 10.5. The van der Waals surface area contributed by atoms with Gasteiger partial charge in [0.15, 0.2) is 0 Å². The van der Waals surface area contributed by atoms with Crippen LogP contribution in [0.15, 0.2) is 0 Å². The van der Waals surface area contributed by atoms with E-state index in [4.69, 9.17) is 5.11 Å². The lowest BCUT2D eigenvalue weighted by Gasteiger charge is -2.17. The number of aliphatic carboxylic acids is 1. The number of aryl methyl sites for hydroxylation is 1. The van der Waals surface area contributed by atoms with E-state index in [2.05, 4.69) is 10.4 Å². The topological polar surface area (TPSA) is 84.2 Å². The number of rotatable bonds is 5. The Hall–Kier alpha value is -2.06. The number of aromatic nitrogens is 2. The number of hydrogen-bond donors (Lipinski definition) is 2. The molecule has 9 heteroatoms. The van der Waals surface area contributed by atoms with Crippen LogP contribution >= 0.6 is 0 Å². The van der Waals surface area contributed by atoms with E-state index in [1.165, 1.54) is 20.8 Å². The van der Waals surface area contributed by atoms with Crippen LogP contribution in [0.1, 0.15) is 42.6 Å². The molecule has 1 atom stereocenters. The second-order valence-electron chi connectivity index (χ2n) is 5.96. The summed E-state index contributed by atoms with van der Waals surface area (Å²) in [5.41, 5.74) is -0.250. The van der Waals surface area contributed by atoms with Crippen molar-refractivity contribution in [3.63, 3.8) is 0 Å². The predicted octanol–water partition coefficient (Wildman–Crippen LogP) is 1.90. The molecule has 1 aromatic rings. The minimum absolute atomic E-state index is 0.252. The van der Waals surface area contributed by atoms with Crippen LogP contribution in [0.5, 0.6) is 0 Å². The molecule has 1 aliphatic rings. The summed E-state index contributed by atoms with van der Waals surface area (Å²) >= 11 is 0. The molecule has 1 fully saturated rings. The van der Waals surface area contributed by atoms with Crippen molar-refractivity contribution in [1.29, 1.82) is 0 Å². The van der Waals surface area contributed by atoms with Crippen molar-refractivity contribution in [2.45, 2.75) is 57.8 Å². The van der Waals surface area contributed by atoms with Gasteiger partial charge in [0.1, 0.15) is 12.1 Å². The van der Waals surface area contributed by atoms with Crippen LogP contribution in [0.2, 0.25) is 0 Å². The molecule has 6 nitrogen and oxygen atoms in total. The van der Waals surface area contributed by atoms with Gasteiger partial charge in [-0.15, -0.1) is 0 Å². The molecule has 2 N–H and O–H groups in total. The Balaban J connectivity index is 2.21. The van der Waals surface area contributed by atoms with E-state index >= 15 is 0 Å². The standard InChI is InChI=1S/C14H18F3N3O3/c1-7(11(21)18-13(4-5-13)12(22)23)10-8(2)19-20(9(10)3)6-14(15,16)17/h7H,4-6H2,1-3H3,(H,18,21)(H,22,23). The number of carboxylic acids is 1. The lowest BCUT2D eigenvalue weighted by Crippen LogP contribution is -2.44. The molecule has 1 amide bonds. The van der Waals surface area contributed by atoms with Gasteiger partial charge in [-0.3, -0.25) is 9.48 Å². The molecule has 0 saturated heterocycles. The van der Waals surface area contributed by atoms with E-state index in [1.54, 1.807) is 0 Å². The van der Waals surface area contributed by atoms with Gasteiger partial charge in [0.25, 0.3) is 0 Å². The van der Waals surface area contributed by atoms with E-state index in [-0.39, 0.29) is 5.69 Å². The highest BCUT2D eigenvalue weighted by molar-refractivity contribution is 5.92. The van der Waals surface area contributed by atoms with Gasteiger partial charge in [0, 0.05) is 11.3 Å². The normalized spacial score (nSPS) is 17.7. The number of hydrogen-bond acceptors (Lipinski definition) is 3. The zero-order valence-corrected chi connectivity index (χ0v) is 13.0. The first-order valence-electron chi connectivity index (χ1n) is 7.13. The highest BCUT2D eigenvalue weighted by Crippen LogP contribution is 2.36. The fourth-order valence-corrected chi connectivity index (χ4v) is 2.65. The van der Waals surface area contributed by atoms with Gasteiger partial charge < -0.3 is 10.4 Å². The Morgan fingerprint density at radius 3 is 2.39 bits per heavy atom. The lowest BCUT2D eigenvalue weighted by atomic mass is 9.97. The highest BCUT2D eigenvalue weighted by atomic mass is 19.4. The summed E-state index contributed by atoms with van der Waals surface area (Å²) in [6.07, 6.45) is -3.70. The maximum atomic E-state index is 12.5. The molecule has 0 bridgehead atoms. The fraction of sp³-hybridized carbons (Fsp3) is 0.643. The minimum atomic E-state index is -4.41. The van der Waals surface area contributed by atoms with Crippen molar-refractivity contribution in [3.05, 3.63) is 17.0 Å². The Bertz CT molecular complexity index is 648. The smallest absolute Gasteiger partial charge is 0.408 e. The van der Waals surface area contributed by atoms with Crippen molar-refractivity contribution < 1.29 is 27.9 Å². The maximum absolute atomic E-state index is 12.5. The van der Waals surface area contributed by atoms with Gasteiger partial charge in [-0.2, -0.15) is 18.3 Å². The Kier molecular flexibility index (Phi) is 4.16. The highest BCUT2D eigenvalue weighted by Gasteiger charge is 2.52. The van der Waals surface area contributed by atoms with Gasteiger partial charge in [0.2, 0.25) is 5.91 Å². The van der Waals surface area contributed by atoms with Crippen molar-refractivity contribution >= 4 is 11.9 Å². The number of alkyl halides is 3. The summed E-state index contributed by atoms with van der Waals surface area (Å²) in [6.45, 7) is 3.30. The number of nitrogens with zero attached hydrogens (tertiary/aromatic N) is 2. The van der Waals surface area contributed by atoms with Crippen LogP contribution in [0, 0.1) is 13.8 Å². The molecular formula is C14H18F3N3O3. The fourth-order valence-electron chi connectivity index (χ4n) is 2.65. The summed E-state index contributed by atoms with van der Waals surface area (Å²) in [5, 5.41) is 15.4. The van der Waals surface area contributed by atoms with Gasteiger partial charge in [-0.1, -0.05) is 0 Å². The van der Waals surface area contributed by atoms with E-state index in [1.807, 2.05) is 0 Å². The summed E-state index contributed by atoms with van der Waals surface area (Å²) in [6, 6.07) is 0. The van der Waals surface area contributed by atoms with Crippen LogP contribution < -0.4 is 5.32 Å². The predicted molar refractivity (Wildman–Crippen MR) is 73.9 cm³/mol. The third-order valence-corrected chi connectivity index (χ3v) is 4.11. The Morgan fingerprint density at radius 2 is 1.96 bits per heavy atom. The monoisotopic (exact) mass is 333 g/mol. The average molecular weight is 333 g/mol. The number of carboxylic acid groups (broad SMARTS) is 1. The van der Waals surface area contributed by atoms with Crippen LogP contribution in [-0.2, 0) is 16.1 Å². The first kappa shape index (κ1) is 17.3. The quantitative estimate of drug-likeness (QED) is 0.862. The number of nitrogens with one attached hydrogen (secondary N) is 1. The first-order valence-corrected chi connectivity index (χ1v) is 7.13. The van der Waals surface area contributed by atoms with Crippen molar-refractivity contribution in [2.75, 3.05) is 0 Å². The molecule has 0 spiro atoms. The Morgan fingerprint density at radius 1 is 1.39 bits per heavy atom. The van der Waals surface area contributed by atoms with E-state index in [0.29, 0.717) is 24.1 Å². The summed E-state index contributed by atoms with van der Waals surface area (Å²) in [5.74, 6) is -2.41. The molecular weight excluding hydrogens is 315 g/mol. The maximum Gasteiger partial charge on any atom is 0.408 e. The number of halogens is 3. The SMILES string of the molecule is Cc1nn(CC(F)(F)F)c(C)c1C(C)C(=O)NC1(C(=O)O)CC1. The summed E-state index contributed by atoms with van der Waals surface area (Å²) in [7, 11) is 0. The zero-order valence-electron chi connectivity index (χ0n) is 13.0. The number of carbonyl (C=O) groups is 2. The van der Waals surface area contributed by atoms with Crippen LogP contribution in [0.25, 0.3) is 0 Å². The van der Waals surface area contributed by atoms with Crippen LogP contribution in [0.3, 0.4) is 0 Å². The van der Waals surface area contributed by atoms with Crippen molar-refractivity contribution in [2.24, 2.45) is 0 Å². The van der Waals surface area contributed by atoms with Gasteiger partial charge in [-0.25, -0.2) is 4.79 Å². The zero-order chi connectivity index (χ0) is 17.6. The van der Waals surface area contributed by atoms with E-state index < -0.39 is 36.1 Å². The Labute approximate surface area is 130 Å². The second-order valence-corrected chi connectivity index (χ2v) is 5.96. The largest absolute Gasteiger partial charge is 0.480 e. The van der Waals surface area contributed by atoms with Crippen molar-refractivity contribution in [1.82, 2.24) is 15.1 Å². The van der Waals surface area contributed by atoms with Gasteiger partial charge in [-0.05, 0) is 33.6 Å². The van der Waals surface area contributed by atoms with Crippen molar-refractivity contribution in [3.8, 4) is 0 Å². The number of amides is 1. The van der Waals surface area contributed by atoms with Crippen LogP contribution in [0.4, 0.5) is 13.2 Å². The number of carbonyl (C=O) groups excluding carboxylic acids is 1. The van der Waals surface area contributed by atoms with Crippen LogP contribution in [-0.4, -0.2) is 38.5 Å². The average Bonchev–Trinajstić information content (AvgIpc) is 3.11. The minimum Gasteiger partial charge on any atom is -0.480 e. The summed E-state index contributed by atoms with van der Waals surface area (Å²) < 4.78 is 38.4. The van der Waals surface area contributed by atoms with E-state index in [9.17, 15) is 22.8 Å². The third kappa shape index (κ3) is 3.48. The molecule has 23 heavy (non-hydrogen) atoms. The molecule has 128 valence electrons. The second kappa shape index (κ2) is 5.54. The molecule has 1 aromatic heterocycles. The molecule has 2 rings (SSSR count). The molecule has 1 aliphatic carbocycles. The molecule has 1 heterocycles. The lowest BCUT2D eigenvalue weighted by molar-refractivity contribution is -0.143.